The van der Waals surface area contributed by atoms with Gasteiger partial charge in [0.2, 0.25) is 0 Å². The van der Waals surface area contributed by atoms with Crippen LogP contribution in [0.3, 0.4) is 0 Å². The Morgan fingerprint density at radius 3 is 2.72 bits per heavy atom. The highest BCUT2D eigenvalue weighted by Crippen LogP contribution is 2.16. The van der Waals surface area contributed by atoms with Gasteiger partial charge in [-0.2, -0.15) is 0 Å². The third-order valence-electron chi connectivity index (χ3n) is 4.40. The van der Waals surface area contributed by atoms with Crippen LogP contribution in [0.2, 0.25) is 0 Å². The molecular weight excluding hydrogens is 454 g/mol. The number of aromatic amines is 1. The van der Waals surface area contributed by atoms with E-state index in [1.54, 1.807) is 36.2 Å². The van der Waals surface area contributed by atoms with E-state index in [-0.39, 0.29) is 11.5 Å². The summed E-state index contributed by atoms with van der Waals surface area (Å²) in [6, 6.07) is 12.4. The predicted octanol–water partition coefficient (Wildman–Crippen LogP) is 4.16. The van der Waals surface area contributed by atoms with Crippen molar-refractivity contribution in [2.24, 2.45) is 0 Å². The van der Waals surface area contributed by atoms with Crippen LogP contribution < -0.4 is 10.3 Å². The minimum Gasteiger partial charge on any atom is -0.492 e. The molecule has 6 nitrogen and oxygen atoms in total. The number of nitrogens with one attached hydrogen (secondary N) is 1. The van der Waals surface area contributed by atoms with Crippen molar-refractivity contribution in [3.05, 3.63) is 80.3 Å². The van der Waals surface area contributed by atoms with Gasteiger partial charge in [-0.3, -0.25) is 14.2 Å². The lowest BCUT2D eigenvalue weighted by molar-refractivity contribution is 0.0774. The zero-order valence-corrected chi connectivity index (χ0v) is 18.3. The van der Waals surface area contributed by atoms with Crippen molar-refractivity contribution in [3.8, 4) is 5.75 Å². The van der Waals surface area contributed by atoms with Crippen molar-refractivity contribution < 1.29 is 9.53 Å². The molecule has 1 N–H and O–H groups in total. The summed E-state index contributed by atoms with van der Waals surface area (Å²) in [6.07, 6.45) is 1.61. The van der Waals surface area contributed by atoms with Gasteiger partial charge in [0.15, 0.2) is 4.77 Å². The van der Waals surface area contributed by atoms with E-state index in [1.807, 2.05) is 24.3 Å². The number of ether oxygens (including phenoxy) is 1. The van der Waals surface area contributed by atoms with Gasteiger partial charge < -0.3 is 14.6 Å². The minimum absolute atomic E-state index is 0.166. The number of allylic oxidation sites excluding steroid dienone is 1. The summed E-state index contributed by atoms with van der Waals surface area (Å²) >= 11 is 8.63. The van der Waals surface area contributed by atoms with E-state index in [1.165, 1.54) is 4.57 Å². The number of carbonyl (C=O) groups is 1. The van der Waals surface area contributed by atoms with Gasteiger partial charge in [0.05, 0.1) is 17.4 Å². The molecule has 0 radical (unpaired) electrons. The van der Waals surface area contributed by atoms with E-state index < -0.39 is 0 Å². The number of nitrogens with zero attached hydrogens (tertiary/aromatic N) is 2. The molecule has 1 amide bonds. The van der Waals surface area contributed by atoms with E-state index in [4.69, 9.17) is 17.0 Å². The van der Waals surface area contributed by atoms with E-state index in [0.717, 1.165) is 10.2 Å². The smallest absolute Gasteiger partial charge is 0.262 e. The molecule has 0 spiro atoms. The molecule has 0 aliphatic heterocycles. The van der Waals surface area contributed by atoms with Crippen LogP contribution in [0.5, 0.6) is 5.75 Å². The summed E-state index contributed by atoms with van der Waals surface area (Å²) in [7, 11) is 1.71. The first kappa shape index (κ1) is 21.0. The molecule has 1 heterocycles. The van der Waals surface area contributed by atoms with Crippen LogP contribution in [-0.2, 0) is 6.54 Å². The molecule has 150 valence electrons. The average molecular weight is 474 g/mol. The fourth-order valence-electron chi connectivity index (χ4n) is 2.84. The number of benzene rings is 2. The maximum atomic E-state index is 12.7. The number of amides is 1. The lowest BCUT2D eigenvalue weighted by atomic mass is 10.1. The van der Waals surface area contributed by atoms with Crippen molar-refractivity contribution in [1.29, 1.82) is 0 Å². The van der Waals surface area contributed by atoms with Crippen molar-refractivity contribution in [2.75, 3.05) is 20.2 Å². The summed E-state index contributed by atoms with van der Waals surface area (Å²) in [6.45, 7) is 4.75. The standard InChI is InChI=1S/C21H20BrN3O3S/c1-3-10-25-20(27)17-9-4-14(13-18(17)23-21(25)29)19(26)24(2)11-12-28-16-7-5-15(22)6-8-16/h3-9,13H,1,10-12H2,2H3,(H,23,29). The molecule has 2 aromatic carbocycles. The van der Waals surface area contributed by atoms with Gasteiger partial charge in [0, 0.05) is 23.6 Å². The fraction of sp³-hybridized carbons (Fsp3) is 0.190. The average Bonchev–Trinajstić information content (AvgIpc) is 2.71. The van der Waals surface area contributed by atoms with Gasteiger partial charge in [-0.15, -0.1) is 6.58 Å². The van der Waals surface area contributed by atoms with Crippen LogP contribution in [0.15, 0.2) is 64.4 Å². The minimum atomic E-state index is -0.209. The van der Waals surface area contributed by atoms with E-state index >= 15 is 0 Å². The molecule has 29 heavy (non-hydrogen) atoms. The molecule has 0 unspecified atom stereocenters. The van der Waals surface area contributed by atoms with Crippen LogP contribution in [0.1, 0.15) is 10.4 Å². The lowest BCUT2D eigenvalue weighted by Crippen LogP contribution is -2.31. The monoisotopic (exact) mass is 473 g/mol. The maximum Gasteiger partial charge on any atom is 0.262 e. The molecule has 0 saturated carbocycles. The van der Waals surface area contributed by atoms with E-state index in [2.05, 4.69) is 27.5 Å². The Balaban J connectivity index is 1.73. The predicted molar refractivity (Wildman–Crippen MR) is 120 cm³/mol. The third kappa shape index (κ3) is 4.83. The highest BCUT2D eigenvalue weighted by molar-refractivity contribution is 9.10. The summed E-state index contributed by atoms with van der Waals surface area (Å²) in [5, 5.41) is 0.471. The third-order valence-corrected chi connectivity index (χ3v) is 5.25. The number of carbonyl (C=O) groups excluding carboxylic acids is 1. The first-order valence-electron chi connectivity index (χ1n) is 8.92. The highest BCUT2D eigenvalue weighted by Gasteiger charge is 2.14. The Labute approximate surface area is 181 Å². The molecule has 8 heteroatoms. The van der Waals surface area contributed by atoms with Crippen molar-refractivity contribution in [2.45, 2.75) is 6.54 Å². The Hall–Kier alpha value is -2.71. The second kappa shape index (κ2) is 9.19. The number of rotatable bonds is 7. The topological polar surface area (TPSA) is 67.3 Å². The molecule has 0 aliphatic carbocycles. The van der Waals surface area contributed by atoms with E-state index in [0.29, 0.717) is 40.9 Å². The number of hydrogen-bond acceptors (Lipinski definition) is 4. The van der Waals surface area contributed by atoms with Gasteiger partial charge in [0.1, 0.15) is 12.4 Å². The highest BCUT2D eigenvalue weighted by atomic mass is 79.9. The Bertz CT molecular complexity index is 1170. The van der Waals surface area contributed by atoms with Crippen LogP contribution in [0.4, 0.5) is 0 Å². The quantitative estimate of drug-likeness (QED) is 0.413. The maximum absolute atomic E-state index is 12.7. The zero-order valence-electron chi connectivity index (χ0n) is 15.9. The lowest BCUT2D eigenvalue weighted by Gasteiger charge is -2.18. The zero-order chi connectivity index (χ0) is 21.0. The summed E-state index contributed by atoms with van der Waals surface area (Å²) in [4.78, 5) is 29.9. The molecule has 3 aromatic rings. The van der Waals surface area contributed by atoms with E-state index in [9.17, 15) is 9.59 Å². The molecule has 0 aliphatic rings. The SMILES string of the molecule is C=CCn1c(=S)[nH]c2cc(C(=O)N(C)CCOc3ccc(Br)cc3)ccc2c1=O. The van der Waals surface area contributed by atoms with Crippen molar-refractivity contribution >= 4 is 45.0 Å². The number of hydrogen-bond donors (Lipinski definition) is 1. The fourth-order valence-corrected chi connectivity index (χ4v) is 3.37. The van der Waals surface area contributed by atoms with Crippen molar-refractivity contribution in [1.82, 2.24) is 14.5 Å². The molecule has 0 atom stereocenters. The van der Waals surface area contributed by atoms with Crippen LogP contribution >= 0.6 is 28.1 Å². The second-order valence-electron chi connectivity index (χ2n) is 6.42. The van der Waals surface area contributed by atoms with Crippen molar-refractivity contribution in [3.63, 3.8) is 0 Å². The van der Waals surface area contributed by atoms with Gasteiger partial charge in [0.25, 0.3) is 11.5 Å². The first-order valence-corrected chi connectivity index (χ1v) is 10.1. The number of likely N-dealkylation sites (N-methyl/N-ethyl adjacent to an activating group) is 1. The number of aromatic nitrogens is 2. The van der Waals surface area contributed by atoms with Crippen LogP contribution in [0, 0.1) is 4.77 Å². The molecule has 3 rings (SSSR count). The molecule has 1 aromatic heterocycles. The summed E-state index contributed by atoms with van der Waals surface area (Å²) < 4.78 is 8.37. The van der Waals surface area contributed by atoms with Gasteiger partial charge in [-0.25, -0.2) is 0 Å². The number of halogens is 1. The van der Waals surface area contributed by atoms with Crippen LogP contribution in [0.25, 0.3) is 10.9 Å². The first-order chi connectivity index (χ1) is 13.9. The summed E-state index contributed by atoms with van der Waals surface area (Å²) in [5.41, 5.74) is 0.791. The number of H-pyrrole nitrogens is 1. The Morgan fingerprint density at radius 1 is 1.31 bits per heavy atom. The second-order valence-corrected chi connectivity index (χ2v) is 7.73. The molecular formula is C21H20BrN3O3S. The van der Waals surface area contributed by atoms with Gasteiger partial charge in [-0.1, -0.05) is 22.0 Å². The summed E-state index contributed by atoms with van der Waals surface area (Å²) in [5.74, 6) is 0.573. The van der Waals surface area contributed by atoms with Crippen LogP contribution in [-0.4, -0.2) is 40.6 Å². The molecule has 0 saturated heterocycles. The largest absolute Gasteiger partial charge is 0.492 e. The Kier molecular flexibility index (Phi) is 6.66. The molecule has 0 fully saturated rings. The normalized spacial score (nSPS) is 10.7. The molecule has 0 bridgehead atoms. The Morgan fingerprint density at radius 2 is 2.03 bits per heavy atom. The van der Waals surface area contributed by atoms with Gasteiger partial charge >= 0.3 is 0 Å². The number of fused-ring (bicyclic) bond motifs is 1. The van der Waals surface area contributed by atoms with Gasteiger partial charge in [-0.05, 0) is 54.7 Å².